The molecule has 0 aromatic heterocycles. The molecule has 0 aliphatic carbocycles. The second-order valence-electron chi connectivity index (χ2n) is 6.72. The zero-order chi connectivity index (χ0) is 20.8. The van der Waals surface area contributed by atoms with E-state index in [9.17, 15) is 4.79 Å². The number of aliphatic imine (C=N–C) groups is 1. The number of anilines is 1. The van der Waals surface area contributed by atoms with E-state index in [1.165, 1.54) is 13.5 Å². The van der Waals surface area contributed by atoms with Gasteiger partial charge in [0.15, 0.2) is 5.96 Å². The van der Waals surface area contributed by atoms with Crippen LogP contribution in [0.15, 0.2) is 29.3 Å². The molecule has 0 aliphatic rings. The van der Waals surface area contributed by atoms with Crippen LogP contribution in [0.1, 0.15) is 46.1 Å². The number of carbonyl (C=O) groups is 1. The Hall–Kier alpha value is -1.55. The van der Waals surface area contributed by atoms with Crippen LogP contribution in [-0.4, -0.2) is 56.3 Å². The first-order valence-corrected chi connectivity index (χ1v) is 10.2. The first-order valence-electron chi connectivity index (χ1n) is 10.2. The Kier molecular flexibility index (Phi) is 15.4. The molecule has 3 N–H and O–H groups in total. The number of amides is 1. The molecule has 8 heteroatoms. The number of nitrogens with zero attached hydrogens (tertiary/aromatic N) is 2. The number of rotatable bonds is 11. The highest BCUT2D eigenvalue weighted by atomic mass is 127. The third kappa shape index (κ3) is 11.9. The summed E-state index contributed by atoms with van der Waals surface area (Å²) in [5.41, 5.74) is 1.77. The highest BCUT2D eigenvalue weighted by Gasteiger charge is 2.07. The molecule has 1 atom stereocenters. The summed E-state index contributed by atoms with van der Waals surface area (Å²) in [7, 11) is 1.35. The maximum absolute atomic E-state index is 11.2. The molecule has 1 rings (SSSR count). The van der Waals surface area contributed by atoms with Crippen molar-refractivity contribution >= 4 is 41.7 Å². The van der Waals surface area contributed by atoms with Gasteiger partial charge in [-0.25, -0.2) is 9.79 Å². The topological polar surface area (TPSA) is 78.0 Å². The minimum atomic E-state index is -0.473. The summed E-state index contributed by atoms with van der Waals surface area (Å²) >= 11 is 0. The molecule has 1 amide bonds. The van der Waals surface area contributed by atoms with E-state index in [1.807, 2.05) is 24.3 Å². The average molecular weight is 519 g/mol. The number of benzene rings is 1. The summed E-state index contributed by atoms with van der Waals surface area (Å²) < 4.78 is 4.59. The first kappa shape index (κ1) is 27.5. The van der Waals surface area contributed by atoms with E-state index in [4.69, 9.17) is 0 Å². The van der Waals surface area contributed by atoms with Crippen LogP contribution in [-0.2, 0) is 11.3 Å². The summed E-state index contributed by atoms with van der Waals surface area (Å²) in [5.74, 6) is 0.828. The average Bonchev–Trinajstić information content (AvgIpc) is 2.70. The van der Waals surface area contributed by atoms with E-state index in [0.717, 1.165) is 44.1 Å². The van der Waals surface area contributed by atoms with Crippen LogP contribution < -0.4 is 16.0 Å². The maximum Gasteiger partial charge on any atom is 0.411 e. The van der Waals surface area contributed by atoms with E-state index >= 15 is 0 Å². The van der Waals surface area contributed by atoms with E-state index in [2.05, 4.69) is 58.3 Å². The van der Waals surface area contributed by atoms with Gasteiger partial charge < -0.3 is 20.3 Å². The van der Waals surface area contributed by atoms with E-state index in [-0.39, 0.29) is 24.0 Å². The van der Waals surface area contributed by atoms with Gasteiger partial charge >= 0.3 is 6.09 Å². The Morgan fingerprint density at radius 3 is 2.38 bits per heavy atom. The van der Waals surface area contributed by atoms with Crippen LogP contribution in [0.4, 0.5) is 10.5 Å². The van der Waals surface area contributed by atoms with Crippen molar-refractivity contribution in [3.8, 4) is 0 Å². The lowest BCUT2D eigenvalue weighted by Crippen LogP contribution is -2.42. The molecule has 1 aromatic carbocycles. The zero-order valence-electron chi connectivity index (χ0n) is 18.5. The molecule has 0 saturated carbocycles. The van der Waals surface area contributed by atoms with Crippen molar-refractivity contribution in [2.45, 2.75) is 53.1 Å². The van der Waals surface area contributed by atoms with Gasteiger partial charge in [0, 0.05) is 18.3 Å². The minimum absolute atomic E-state index is 0. The number of halogens is 1. The van der Waals surface area contributed by atoms with Gasteiger partial charge in [0.1, 0.15) is 0 Å². The van der Waals surface area contributed by atoms with Crippen LogP contribution in [0, 0.1) is 0 Å². The molecule has 7 nitrogen and oxygen atoms in total. The number of hydrogen-bond acceptors (Lipinski definition) is 4. The number of carbonyl (C=O) groups excluding carboxylic acids is 1. The van der Waals surface area contributed by atoms with Gasteiger partial charge in [-0.15, -0.1) is 24.0 Å². The summed E-state index contributed by atoms with van der Waals surface area (Å²) in [4.78, 5) is 18.4. The molecule has 29 heavy (non-hydrogen) atoms. The maximum atomic E-state index is 11.2. The molecule has 166 valence electrons. The molecule has 0 aliphatic heterocycles. The number of hydrogen-bond donors (Lipinski definition) is 3. The molecule has 1 aromatic rings. The van der Waals surface area contributed by atoms with Crippen LogP contribution in [0.5, 0.6) is 0 Å². The van der Waals surface area contributed by atoms with Gasteiger partial charge in [0.2, 0.25) is 0 Å². The van der Waals surface area contributed by atoms with Crippen molar-refractivity contribution in [1.29, 1.82) is 0 Å². The highest BCUT2D eigenvalue weighted by molar-refractivity contribution is 14.0. The summed E-state index contributed by atoms with van der Waals surface area (Å²) in [6, 6.07) is 7.95. The van der Waals surface area contributed by atoms with Gasteiger partial charge in [-0.2, -0.15) is 0 Å². The predicted molar refractivity (Wildman–Crippen MR) is 132 cm³/mol. The Labute approximate surface area is 193 Å². The molecule has 0 heterocycles. The van der Waals surface area contributed by atoms with Crippen molar-refractivity contribution in [2.75, 3.05) is 38.6 Å². The quantitative estimate of drug-likeness (QED) is 0.234. The lowest BCUT2D eigenvalue weighted by Gasteiger charge is -2.21. The van der Waals surface area contributed by atoms with Crippen molar-refractivity contribution in [3.05, 3.63) is 29.8 Å². The molecular weight excluding hydrogens is 481 g/mol. The Morgan fingerprint density at radius 1 is 1.17 bits per heavy atom. The molecule has 0 radical (unpaired) electrons. The smallest absolute Gasteiger partial charge is 0.411 e. The molecule has 1 unspecified atom stereocenters. The molecule has 0 bridgehead atoms. The van der Waals surface area contributed by atoms with E-state index < -0.39 is 6.09 Å². The Balaban J connectivity index is 0.00000784. The fourth-order valence-electron chi connectivity index (χ4n) is 2.82. The second kappa shape index (κ2) is 16.3. The standard InChI is InChI=1S/C21H37N5O2.HI/c1-6-22-20(24-17(4)10-9-15-26(7-2)8-3)23-16-18-11-13-19(14-12-18)25-21(27)28-5;/h11-14,17H,6-10,15-16H2,1-5H3,(H,25,27)(H2,22,23,24);1H. The van der Waals surface area contributed by atoms with Gasteiger partial charge in [-0.1, -0.05) is 26.0 Å². The van der Waals surface area contributed by atoms with E-state index in [0.29, 0.717) is 18.3 Å². The third-order valence-electron chi connectivity index (χ3n) is 4.54. The van der Waals surface area contributed by atoms with Gasteiger partial charge in [-0.05, 0) is 64.0 Å². The van der Waals surface area contributed by atoms with Crippen molar-refractivity contribution < 1.29 is 9.53 Å². The largest absolute Gasteiger partial charge is 0.453 e. The Morgan fingerprint density at radius 2 is 1.83 bits per heavy atom. The number of ether oxygens (including phenoxy) is 1. The summed E-state index contributed by atoms with van der Waals surface area (Å²) in [6.45, 7) is 13.4. The summed E-state index contributed by atoms with van der Waals surface area (Å²) in [5, 5.41) is 9.44. The lowest BCUT2D eigenvalue weighted by atomic mass is 10.2. The number of methoxy groups -OCH3 is 1. The van der Waals surface area contributed by atoms with Crippen LogP contribution in [0.25, 0.3) is 0 Å². The molecule has 0 fully saturated rings. The van der Waals surface area contributed by atoms with Crippen molar-refractivity contribution in [1.82, 2.24) is 15.5 Å². The monoisotopic (exact) mass is 519 g/mol. The fourth-order valence-corrected chi connectivity index (χ4v) is 2.82. The van der Waals surface area contributed by atoms with Crippen LogP contribution >= 0.6 is 24.0 Å². The fraction of sp³-hybridized carbons (Fsp3) is 0.619. The van der Waals surface area contributed by atoms with Crippen LogP contribution in [0.2, 0.25) is 0 Å². The zero-order valence-corrected chi connectivity index (χ0v) is 20.8. The SMILES string of the molecule is CCNC(=NCc1ccc(NC(=O)OC)cc1)NC(C)CCCN(CC)CC.I. The first-order chi connectivity index (χ1) is 13.5. The molecule has 0 spiro atoms. The van der Waals surface area contributed by atoms with Crippen molar-refractivity contribution in [2.24, 2.45) is 4.99 Å². The Bertz CT molecular complexity index is 591. The van der Waals surface area contributed by atoms with Gasteiger partial charge in [0.05, 0.1) is 13.7 Å². The molecule has 0 saturated heterocycles. The van der Waals surface area contributed by atoms with Gasteiger partial charge in [0.25, 0.3) is 0 Å². The van der Waals surface area contributed by atoms with Crippen molar-refractivity contribution in [3.63, 3.8) is 0 Å². The van der Waals surface area contributed by atoms with Crippen LogP contribution in [0.3, 0.4) is 0 Å². The lowest BCUT2D eigenvalue weighted by molar-refractivity contribution is 0.187. The summed E-state index contributed by atoms with van der Waals surface area (Å²) in [6.07, 6.45) is 1.80. The number of guanidine groups is 1. The van der Waals surface area contributed by atoms with Gasteiger partial charge in [-0.3, -0.25) is 5.32 Å². The normalized spacial score (nSPS) is 12.1. The molecular formula is C21H38IN5O2. The third-order valence-corrected chi connectivity index (χ3v) is 4.54. The second-order valence-corrected chi connectivity index (χ2v) is 6.72. The number of nitrogens with one attached hydrogen (secondary N) is 3. The van der Waals surface area contributed by atoms with E-state index in [1.54, 1.807) is 0 Å². The predicted octanol–water partition coefficient (Wildman–Crippen LogP) is 4.05. The highest BCUT2D eigenvalue weighted by Crippen LogP contribution is 2.10. The minimum Gasteiger partial charge on any atom is -0.453 e.